The Balaban J connectivity index is 1.81. The van der Waals surface area contributed by atoms with Gasteiger partial charge in [0.2, 0.25) is 5.91 Å². The van der Waals surface area contributed by atoms with Crippen LogP contribution in [0.5, 0.6) is 0 Å². The standard InChI is InChI=1S/C10H18N2O2/c13-9-4-2-1-3-8(9)12-7-5-10(14)11-6-7/h7-9,12-13H,1-6H2,(H,11,14). The molecule has 0 aromatic carbocycles. The minimum atomic E-state index is -0.223. The molecule has 0 bridgehead atoms. The lowest BCUT2D eigenvalue weighted by molar-refractivity contribution is -0.119. The van der Waals surface area contributed by atoms with E-state index in [-0.39, 0.29) is 24.1 Å². The van der Waals surface area contributed by atoms with E-state index in [1.807, 2.05) is 0 Å². The van der Waals surface area contributed by atoms with Crippen LogP contribution < -0.4 is 10.6 Å². The van der Waals surface area contributed by atoms with Crippen LogP contribution in [0.25, 0.3) is 0 Å². The number of carbonyl (C=O) groups excluding carboxylic acids is 1. The number of carbonyl (C=O) groups is 1. The highest BCUT2D eigenvalue weighted by Gasteiger charge is 2.28. The maximum Gasteiger partial charge on any atom is 0.221 e. The van der Waals surface area contributed by atoms with Crippen LogP contribution >= 0.6 is 0 Å². The third-order valence-corrected chi connectivity index (χ3v) is 3.16. The molecular formula is C10H18N2O2. The third kappa shape index (κ3) is 2.25. The van der Waals surface area contributed by atoms with E-state index < -0.39 is 0 Å². The van der Waals surface area contributed by atoms with Crippen LogP contribution in [-0.2, 0) is 4.79 Å². The second kappa shape index (κ2) is 4.28. The number of hydrogen-bond acceptors (Lipinski definition) is 3. The molecule has 2 fully saturated rings. The quantitative estimate of drug-likeness (QED) is 0.574. The zero-order chi connectivity index (χ0) is 9.97. The van der Waals surface area contributed by atoms with E-state index >= 15 is 0 Å². The first kappa shape index (κ1) is 9.93. The SMILES string of the molecule is O=C1CC(NC2CCCCC2O)CN1. The van der Waals surface area contributed by atoms with Crippen LogP contribution in [0.2, 0.25) is 0 Å². The molecule has 1 aliphatic heterocycles. The zero-order valence-electron chi connectivity index (χ0n) is 8.33. The van der Waals surface area contributed by atoms with Crippen molar-refractivity contribution in [3.8, 4) is 0 Å². The molecule has 1 amide bonds. The lowest BCUT2D eigenvalue weighted by Crippen LogP contribution is -2.47. The van der Waals surface area contributed by atoms with E-state index in [9.17, 15) is 9.90 Å². The van der Waals surface area contributed by atoms with Crippen LogP contribution in [0.4, 0.5) is 0 Å². The van der Waals surface area contributed by atoms with Gasteiger partial charge in [-0.05, 0) is 12.8 Å². The van der Waals surface area contributed by atoms with Gasteiger partial charge < -0.3 is 15.7 Å². The van der Waals surface area contributed by atoms with Gasteiger partial charge in [-0.1, -0.05) is 12.8 Å². The summed E-state index contributed by atoms with van der Waals surface area (Å²) in [5.74, 6) is 0.118. The summed E-state index contributed by atoms with van der Waals surface area (Å²) < 4.78 is 0. The van der Waals surface area contributed by atoms with Crippen LogP contribution in [0.1, 0.15) is 32.1 Å². The molecule has 1 saturated heterocycles. The number of nitrogens with one attached hydrogen (secondary N) is 2. The van der Waals surface area contributed by atoms with Gasteiger partial charge in [-0.25, -0.2) is 0 Å². The summed E-state index contributed by atoms with van der Waals surface area (Å²) in [7, 11) is 0. The fourth-order valence-electron chi connectivity index (χ4n) is 2.33. The molecule has 0 radical (unpaired) electrons. The average Bonchev–Trinajstić information content (AvgIpc) is 2.56. The second-order valence-corrected chi connectivity index (χ2v) is 4.33. The van der Waals surface area contributed by atoms with Crippen molar-refractivity contribution in [1.29, 1.82) is 0 Å². The van der Waals surface area contributed by atoms with Crippen molar-refractivity contribution in [3.05, 3.63) is 0 Å². The summed E-state index contributed by atoms with van der Waals surface area (Å²) in [5, 5.41) is 15.9. The number of amides is 1. The fraction of sp³-hybridized carbons (Fsp3) is 0.900. The maximum atomic E-state index is 11.0. The van der Waals surface area contributed by atoms with Gasteiger partial charge in [-0.2, -0.15) is 0 Å². The van der Waals surface area contributed by atoms with E-state index in [4.69, 9.17) is 0 Å². The third-order valence-electron chi connectivity index (χ3n) is 3.16. The number of aliphatic hydroxyl groups is 1. The lowest BCUT2D eigenvalue weighted by Gasteiger charge is -2.30. The molecule has 4 nitrogen and oxygen atoms in total. The summed E-state index contributed by atoms with van der Waals surface area (Å²) >= 11 is 0. The molecular weight excluding hydrogens is 180 g/mol. The normalized spacial score (nSPS) is 38.4. The van der Waals surface area contributed by atoms with Gasteiger partial charge in [-0.15, -0.1) is 0 Å². The first-order valence-corrected chi connectivity index (χ1v) is 5.46. The Morgan fingerprint density at radius 2 is 2.14 bits per heavy atom. The number of aliphatic hydroxyl groups excluding tert-OH is 1. The molecule has 0 spiro atoms. The Kier molecular flexibility index (Phi) is 3.03. The van der Waals surface area contributed by atoms with Gasteiger partial charge in [0, 0.05) is 25.0 Å². The monoisotopic (exact) mass is 198 g/mol. The van der Waals surface area contributed by atoms with E-state index in [0.717, 1.165) is 19.3 Å². The molecule has 2 rings (SSSR count). The average molecular weight is 198 g/mol. The summed E-state index contributed by atoms with van der Waals surface area (Å²) in [5.41, 5.74) is 0. The molecule has 4 heteroatoms. The summed E-state index contributed by atoms with van der Waals surface area (Å²) in [6.07, 6.45) is 4.57. The Bertz CT molecular complexity index is 220. The van der Waals surface area contributed by atoms with Gasteiger partial charge in [0.15, 0.2) is 0 Å². The predicted octanol–water partition coefficient (Wildman–Crippen LogP) is -0.232. The molecule has 3 unspecified atom stereocenters. The second-order valence-electron chi connectivity index (χ2n) is 4.33. The molecule has 0 aromatic heterocycles. The van der Waals surface area contributed by atoms with Crippen molar-refractivity contribution in [2.75, 3.05) is 6.54 Å². The van der Waals surface area contributed by atoms with Crippen LogP contribution in [0.3, 0.4) is 0 Å². The van der Waals surface area contributed by atoms with Crippen LogP contribution in [-0.4, -0.2) is 35.7 Å². The number of hydrogen-bond donors (Lipinski definition) is 3. The first-order valence-electron chi connectivity index (χ1n) is 5.46. The number of rotatable bonds is 2. The van der Waals surface area contributed by atoms with Crippen molar-refractivity contribution < 1.29 is 9.90 Å². The highest BCUT2D eigenvalue weighted by molar-refractivity contribution is 5.78. The van der Waals surface area contributed by atoms with Crippen molar-refractivity contribution in [1.82, 2.24) is 10.6 Å². The van der Waals surface area contributed by atoms with Crippen LogP contribution in [0.15, 0.2) is 0 Å². The fourth-order valence-corrected chi connectivity index (χ4v) is 2.33. The Morgan fingerprint density at radius 3 is 2.79 bits per heavy atom. The lowest BCUT2D eigenvalue weighted by atomic mass is 9.92. The topological polar surface area (TPSA) is 61.4 Å². The van der Waals surface area contributed by atoms with E-state index in [1.54, 1.807) is 0 Å². The van der Waals surface area contributed by atoms with Gasteiger partial charge in [-0.3, -0.25) is 4.79 Å². The van der Waals surface area contributed by atoms with Gasteiger partial charge >= 0.3 is 0 Å². The zero-order valence-corrected chi connectivity index (χ0v) is 8.33. The highest BCUT2D eigenvalue weighted by atomic mass is 16.3. The summed E-state index contributed by atoms with van der Waals surface area (Å²) in [6, 6.07) is 0.418. The highest BCUT2D eigenvalue weighted by Crippen LogP contribution is 2.19. The van der Waals surface area contributed by atoms with Crippen molar-refractivity contribution in [3.63, 3.8) is 0 Å². The molecule has 1 saturated carbocycles. The van der Waals surface area contributed by atoms with E-state index in [1.165, 1.54) is 6.42 Å². The Hall–Kier alpha value is -0.610. The largest absolute Gasteiger partial charge is 0.392 e. The molecule has 1 aliphatic carbocycles. The summed E-state index contributed by atoms with van der Waals surface area (Å²) in [4.78, 5) is 11.0. The molecule has 3 N–H and O–H groups in total. The maximum absolute atomic E-state index is 11.0. The molecule has 2 aliphatic rings. The van der Waals surface area contributed by atoms with Gasteiger partial charge in [0.1, 0.15) is 0 Å². The summed E-state index contributed by atoms with van der Waals surface area (Å²) in [6.45, 7) is 0.710. The van der Waals surface area contributed by atoms with E-state index in [0.29, 0.717) is 13.0 Å². The first-order chi connectivity index (χ1) is 6.75. The smallest absolute Gasteiger partial charge is 0.221 e. The molecule has 80 valence electrons. The molecule has 1 heterocycles. The van der Waals surface area contributed by atoms with Crippen molar-refractivity contribution in [2.45, 2.75) is 50.3 Å². The Labute approximate surface area is 84.1 Å². The predicted molar refractivity (Wildman–Crippen MR) is 52.8 cm³/mol. The molecule has 14 heavy (non-hydrogen) atoms. The Morgan fingerprint density at radius 1 is 1.36 bits per heavy atom. The van der Waals surface area contributed by atoms with Crippen LogP contribution in [0, 0.1) is 0 Å². The van der Waals surface area contributed by atoms with Crippen molar-refractivity contribution in [2.24, 2.45) is 0 Å². The molecule has 0 aromatic rings. The van der Waals surface area contributed by atoms with E-state index in [2.05, 4.69) is 10.6 Å². The van der Waals surface area contributed by atoms with Gasteiger partial charge in [0.05, 0.1) is 6.10 Å². The van der Waals surface area contributed by atoms with Crippen molar-refractivity contribution >= 4 is 5.91 Å². The molecule has 3 atom stereocenters. The minimum absolute atomic E-state index is 0.118. The van der Waals surface area contributed by atoms with Gasteiger partial charge in [0.25, 0.3) is 0 Å². The minimum Gasteiger partial charge on any atom is -0.392 e.